The fourth-order valence-electron chi connectivity index (χ4n) is 1.62. The predicted octanol–water partition coefficient (Wildman–Crippen LogP) is 2.51. The zero-order chi connectivity index (χ0) is 12.7. The zero-order valence-corrected chi connectivity index (χ0v) is 11.1. The van der Waals surface area contributed by atoms with Crippen molar-refractivity contribution in [2.24, 2.45) is 11.7 Å². The lowest BCUT2D eigenvalue weighted by Crippen LogP contribution is -2.22. The number of anilines is 1. The van der Waals surface area contributed by atoms with Gasteiger partial charge in [0.15, 0.2) is 0 Å². The number of rotatable bonds is 7. The molecule has 0 aliphatic rings. The molecule has 0 aliphatic heterocycles. The van der Waals surface area contributed by atoms with E-state index in [1.54, 1.807) is 0 Å². The van der Waals surface area contributed by atoms with Gasteiger partial charge in [0.2, 0.25) is 0 Å². The summed E-state index contributed by atoms with van der Waals surface area (Å²) in [5.74, 6) is 1.51. The Morgan fingerprint density at radius 2 is 1.94 bits per heavy atom. The van der Waals surface area contributed by atoms with Crippen LogP contribution in [0.25, 0.3) is 0 Å². The van der Waals surface area contributed by atoms with Gasteiger partial charge in [0, 0.05) is 19.3 Å². The Bertz CT molecular complexity index is 311. The molecule has 1 aromatic carbocycles. The second kappa shape index (κ2) is 7.17. The fourth-order valence-corrected chi connectivity index (χ4v) is 1.62. The number of hydrogen-bond acceptors (Lipinski definition) is 3. The summed E-state index contributed by atoms with van der Waals surface area (Å²) in [5.41, 5.74) is 6.84. The second-order valence-corrected chi connectivity index (χ2v) is 4.48. The molecule has 0 aliphatic carbocycles. The quantitative estimate of drug-likeness (QED) is 0.790. The van der Waals surface area contributed by atoms with Crippen molar-refractivity contribution in [1.82, 2.24) is 0 Å². The summed E-state index contributed by atoms with van der Waals surface area (Å²) in [5, 5.41) is 0. The number of nitrogens with zero attached hydrogens (tertiary/aromatic N) is 1. The van der Waals surface area contributed by atoms with Crippen molar-refractivity contribution in [2.45, 2.75) is 20.3 Å². The predicted molar refractivity (Wildman–Crippen MR) is 73.7 cm³/mol. The Morgan fingerprint density at radius 1 is 1.29 bits per heavy atom. The third-order valence-electron chi connectivity index (χ3n) is 2.95. The first-order valence-electron chi connectivity index (χ1n) is 6.31. The van der Waals surface area contributed by atoms with Crippen molar-refractivity contribution in [1.29, 1.82) is 0 Å². The molecule has 0 heterocycles. The summed E-state index contributed by atoms with van der Waals surface area (Å²) in [6, 6.07) is 8.22. The van der Waals surface area contributed by atoms with Crippen LogP contribution in [-0.4, -0.2) is 26.7 Å². The lowest BCUT2D eigenvalue weighted by atomic mass is 10.1. The molecule has 0 aromatic heterocycles. The van der Waals surface area contributed by atoms with E-state index in [1.165, 1.54) is 5.69 Å². The second-order valence-electron chi connectivity index (χ2n) is 4.48. The van der Waals surface area contributed by atoms with Crippen LogP contribution in [-0.2, 0) is 0 Å². The highest BCUT2D eigenvalue weighted by Crippen LogP contribution is 2.19. The van der Waals surface area contributed by atoms with Crippen LogP contribution in [0.1, 0.15) is 20.3 Å². The summed E-state index contributed by atoms with van der Waals surface area (Å²) < 4.78 is 5.42. The molecule has 1 rings (SSSR count). The lowest BCUT2D eigenvalue weighted by Gasteiger charge is -2.21. The van der Waals surface area contributed by atoms with E-state index in [0.717, 1.165) is 25.3 Å². The van der Waals surface area contributed by atoms with Gasteiger partial charge in [-0.1, -0.05) is 6.92 Å². The van der Waals surface area contributed by atoms with Gasteiger partial charge in [-0.2, -0.15) is 0 Å². The van der Waals surface area contributed by atoms with Gasteiger partial charge in [0.1, 0.15) is 5.75 Å². The molecule has 0 radical (unpaired) electrons. The van der Waals surface area contributed by atoms with Gasteiger partial charge in [-0.05, 0) is 50.1 Å². The molecule has 0 spiro atoms. The van der Waals surface area contributed by atoms with Gasteiger partial charge in [0.25, 0.3) is 0 Å². The van der Waals surface area contributed by atoms with Crippen molar-refractivity contribution in [3.8, 4) is 5.75 Å². The van der Waals surface area contributed by atoms with E-state index in [9.17, 15) is 0 Å². The van der Waals surface area contributed by atoms with Crippen molar-refractivity contribution < 1.29 is 4.74 Å². The average Bonchev–Trinajstić information content (AvgIpc) is 2.36. The first-order chi connectivity index (χ1) is 8.17. The molecule has 3 heteroatoms. The maximum Gasteiger partial charge on any atom is 0.119 e. The SMILES string of the molecule is CCOc1ccc(N(C)CCC(C)CN)cc1. The summed E-state index contributed by atoms with van der Waals surface area (Å²) in [6.07, 6.45) is 1.13. The van der Waals surface area contributed by atoms with Gasteiger partial charge < -0.3 is 15.4 Å². The van der Waals surface area contributed by atoms with Crippen LogP contribution in [0, 0.1) is 5.92 Å². The Labute approximate surface area is 105 Å². The molecule has 0 saturated heterocycles. The summed E-state index contributed by atoms with van der Waals surface area (Å²) in [4.78, 5) is 2.25. The van der Waals surface area contributed by atoms with Crippen LogP contribution < -0.4 is 15.4 Å². The highest BCUT2D eigenvalue weighted by atomic mass is 16.5. The van der Waals surface area contributed by atoms with Crippen LogP contribution in [0.5, 0.6) is 5.75 Å². The van der Waals surface area contributed by atoms with Crippen molar-refractivity contribution in [2.75, 3.05) is 31.6 Å². The van der Waals surface area contributed by atoms with E-state index in [2.05, 4.69) is 31.0 Å². The van der Waals surface area contributed by atoms with Gasteiger partial charge in [0.05, 0.1) is 6.61 Å². The topological polar surface area (TPSA) is 38.5 Å². The molecule has 17 heavy (non-hydrogen) atoms. The lowest BCUT2D eigenvalue weighted by molar-refractivity contribution is 0.340. The minimum Gasteiger partial charge on any atom is -0.494 e. The molecule has 96 valence electrons. The van der Waals surface area contributed by atoms with Crippen molar-refractivity contribution >= 4 is 5.69 Å². The van der Waals surface area contributed by atoms with Gasteiger partial charge >= 0.3 is 0 Å². The van der Waals surface area contributed by atoms with Crippen molar-refractivity contribution in [3.63, 3.8) is 0 Å². The third kappa shape index (κ3) is 4.65. The molecule has 0 saturated carbocycles. The Balaban J connectivity index is 2.48. The van der Waals surface area contributed by atoms with E-state index in [4.69, 9.17) is 10.5 Å². The molecule has 3 nitrogen and oxygen atoms in total. The maximum absolute atomic E-state index is 5.62. The molecule has 0 fully saturated rings. The third-order valence-corrected chi connectivity index (χ3v) is 2.95. The molecule has 1 aromatic rings. The van der Waals surface area contributed by atoms with Crippen LogP contribution in [0.4, 0.5) is 5.69 Å². The monoisotopic (exact) mass is 236 g/mol. The van der Waals surface area contributed by atoms with E-state index < -0.39 is 0 Å². The summed E-state index contributed by atoms with van der Waals surface area (Å²) in [7, 11) is 2.11. The fraction of sp³-hybridized carbons (Fsp3) is 0.571. The molecule has 1 atom stereocenters. The summed E-state index contributed by atoms with van der Waals surface area (Å²) in [6.45, 7) is 6.69. The van der Waals surface area contributed by atoms with Gasteiger partial charge in [-0.15, -0.1) is 0 Å². The van der Waals surface area contributed by atoms with E-state index >= 15 is 0 Å². The molecule has 2 N–H and O–H groups in total. The normalized spacial score (nSPS) is 12.2. The standard InChI is InChI=1S/C14H24N2O/c1-4-17-14-7-5-13(6-8-14)16(3)10-9-12(2)11-15/h5-8,12H,4,9-11,15H2,1-3H3. The molecule has 0 bridgehead atoms. The Hall–Kier alpha value is -1.22. The first kappa shape index (κ1) is 13.8. The van der Waals surface area contributed by atoms with E-state index in [0.29, 0.717) is 12.5 Å². The smallest absolute Gasteiger partial charge is 0.119 e. The van der Waals surface area contributed by atoms with Gasteiger partial charge in [-0.25, -0.2) is 0 Å². The first-order valence-corrected chi connectivity index (χ1v) is 6.31. The molecular formula is C14H24N2O. The highest BCUT2D eigenvalue weighted by Gasteiger charge is 2.04. The number of nitrogens with two attached hydrogens (primary N) is 1. The minimum absolute atomic E-state index is 0.583. The zero-order valence-electron chi connectivity index (χ0n) is 11.1. The van der Waals surface area contributed by atoms with E-state index in [-0.39, 0.29) is 0 Å². The van der Waals surface area contributed by atoms with Gasteiger partial charge in [-0.3, -0.25) is 0 Å². The Morgan fingerprint density at radius 3 is 2.47 bits per heavy atom. The minimum atomic E-state index is 0.583. The molecule has 0 amide bonds. The van der Waals surface area contributed by atoms with Crippen LogP contribution in [0.15, 0.2) is 24.3 Å². The summed E-state index contributed by atoms with van der Waals surface area (Å²) >= 11 is 0. The highest BCUT2D eigenvalue weighted by molar-refractivity contribution is 5.48. The number of hydrogen-bond donors (Lipinski definition) is 1. The Kier molecular flexibility index (Phi) is 5.84. The van der Waals surface area contributed by atoms with E-state index in [1.807, 2.05) is 19.1 Å². The maximum atomic E-state index is 5.62. The molecular weight excluding hydrogens is 212 g/mol. The van der Waals surface area contributed by atoms with Crippen LogP contribution in [0.2, 0.25) is 0 Å². The van der Waals surface area contributed by atoms with Crippen LogP contribution in [0.3, 0.4) is 0 Å². The average molecular weight is 236 g/mol. The van der Waals surface area contributed by atoms with Crippen LogP contribution >= 0.6 is 0 Å². The number of ether oxygens (including phenoxy) is 1. The number of benzene rings is 1. The largest absolute Gasteiger partial charge is 0.494 e. The molecule has 1 unspecified atom stereocenters. The van der Waals surface area contributed by atoms with Crippen molar-refractivity contribution in [3.05, 3.63) is 24.3 Å².